The average Bonchev–Trinajstić information content (AvgIpc) is 2.20. The number of hydrogen-bond donors (Lipinski definition) is 0. The second-order valence-electron chi connectivity index (χ2n) is 2.65. The third-order valence-corrected chi connectivity index (χ3v) is 2.17. The SMILES string of the molecule is CC(C#N)=C(Cl)c1cccc(F)c1F. The molecule has 0 bridgehead atoms. The Morgan fingerprint density at radius 2 is 2.07 bits per heavy atom. The van der Waals surface area contributed by atoms with Crippen molar-refractivity contribution in [3.8, 4) is 6.07 Å². The van der Waals surface area contributed by atoms with Gasteiger partial charge in [0.1, 0.15) is 0 Å². The molecule has 1 aromatic carbocycles. The molecule has 0 aliphatic rings. The van der Waals surface area contributed by atoms with Gasteiger partial charge >= 0.3 is 0 Å². The molecule has 14 heavy (non-hydrogen) atoms. The standard InChI is InChI=1S/C10H6ClF2N/c1-6(5-14)9(11)7-3-2-4-8(12)10(7)13/h2-4H,1H3. The predicted octanol–water partition coefficient (Wildman–Crippen LogP) is 3.46. The summed E-state index contributed by atoms with van der Waals surface area (Å²) in [7, 11) is 0. The third kappa shape index (κ3) is 1.91. The summed E-state index contributed by atoms with van der Waals surface area (Å²) in [5.41, 5.74) is 0.0573. The van der Waals surface area contributed by atoms with Crippen LogP contribution in [0.3, 0.4) is 0 Å². The molecule has 0 saturated carbocycles. The first kappa shape index (κ1) is 10.7. The first-order valence-corrected chi connectivity index (χ1v) is 4.16. The summed E-state index contributed by atoms with van der Waals surface area (Å²) in [5.74, 6) is -2.02. The first-order valence-electron chi connectivity index (χ1n) is 3.78. The van der Waals surface area contributed by atoms with Crippen LogP contribution in [-0.4, -0.2) is 0 Å². The van der Waals surface area contributed by atoms with E-state index in [9.17, 15) is 8.78 Å². The molecule has 0 amide bonds. The van der Waals surface area contributed by atoms with Crippen LogP contribution >= 0.6 is 11.6 Å². The van der Waals surface area contributed by atoms with Crippen molar-refractivity contribution < 1.29 is 8.78 Å². The first-order chi connectivity index (χ1) is 6.57. The maximum Gasteiger partial charge on any atom is 0.167 e. The number of hydrogen-bond acceptors (Lipinski definition) is 1. The Bertz CT molecular complexity index is 432. The summed E-state index contributed by atoms with van der Waals surface area (Å²) in [6, 6.07) is 5.41. The lowest BCUT2D eigenvalue weighted by Crippen LogP contribution is -1.91. The average molecular weight is 214 g/mol. The molecule has 4 heteroatoms. The predicted molar refractivity (Wildman–Crippen MR) is 50.4 cm³/mol. The molecule has 0 aromatic heterocycles. The quantitative estimate of drug-likeness (QED) is 0.656. The van der Waals surface area contributed by atoms with Gasteiger partial charge in [-0.05, 0) is 13.0 Å². The second kappa shape index (κ2) is 4.21. The highest BCUT2D eigenvalue weighted by Gasteiger charge is 2.12. The Hall–Kier alpha value is -1.40. The summed E-state index contributed by atoms with van der Waals surface area (Å²) in [6.45, 7) is 1.44. The second-order valence-corrected chi connectivity index (χ2v) is 3.03. The van der Waals surface area contributed by atoms with Gasteiger partial charge in [-0.1, -0.05) is 23.7 Å². The zero-order valence-corrected chi connectivity index (χ0v) is 8.07. The summed E-state index contributed by atoms with van der Waals surface area (Å²) in [5, 5.41) is 8.45. The molecule has 1 rings (SSSR count). The third-order valence-electron chi connectivity index (χ3n) is 1.69. The van der Waals surface area contributed by atoms with Gasteiger partial charge in [-0.3, -0.25) is 0 Å². The number of nitriles is 1. The molecule has 0 aliphatic carbocycles. The highest BCUT2D eigenvalue weighted by molar-refractivity contribution is 6.49. The van der Waals surface area contributed by atoms with Crippen LogP contribution in [0.25, 0.3) is 5.03 Å². The topological polar surface area (TPSA) is 23.8 Å². The Kier molecular flexibility index (Phi) is 3.21. The van der Waals surface area contributed by atoms with Gasteiger partial charge in [-0.15, -0.1) is 0 Å². The van der Waals surface area contributed by atoms with E-state index >= 15 is 0 Å². The van der Waals surface area contributed by atoms with Crippen molar-refractivity contribution in [3.63, 3.8) is 0 Å². The number of benzene rings is 1. The number of halogens is 3. The maximum atomic E-state index is 13.1. The van der Waals surface area contributed by atoms with Gasteiger partial charge in [0.15, 0.2) is 11.6 Å². The van der Waals surface area contributed by atoms with Crippen LogP contribution in [0, 0.1) is 23.0 Å². The van der Waals surface area contributed by atoms with Crippen molar-refractivity contribution >= 4 is 16.6 Å². The van der Waals surface area contributed by atoms with Crippen LogP contribution < -0.4 is 0 Å². The minimum absolute atomic E-state index is 0.0653. The van der Waals surface area contributed by atoms with Crippen molar-refractivity contribution in [2.75, 3.05) is 0 Å². The summed E-state index contributed by atoms with van der Waals surface area (Å²) < 4.78 is 25.9. The highest BCUT2D eigenvalue weighted by Crippen LogP contribution is 2.26. The molecule has 0 unspecified atom stereocenters. The van der Waals surface area contributed by atoms with E-state index in [1.807, 2.05) is 0 Å². The molecule has 0 N–H and O–H groups in total. The fraction of sp³-hybridized carbons (Fsp3) is 0.100. The van der Waals surface area contributed by atoms with Gasteiger partial charge in [-0.25, -0.2) is 8.78 Å². The minimum Gasteiger partial charge on any atom is -0.204 e. The highest BCUT2D eigenvalue weighted by atomic mass is 35.5. The van der Waals surface area contributed by atoms with Crippen molar-refractivity contribution in [1.82, 2.24) is 0 Å². The lowest BCUT2D eigenvalue weighted by molar-refractivity contribution is 0.506. The zero-order chi connectivity index (χ0) is 10.7. The lowest BCUT2D eigenvalue weighted by atomic mass is 10.1. The van der Waals surface area contributed by atoms with Gasteiger partial charge in [0, 0.05) is 11.1 Å². The van der Waals surface area contributed by atoms with E-state index in [1.165, 1.54) is 19.1 Å². The molecule has 0 fully saturated rings. The summed E-state index contributed by atoms with van der Waals surface area (Å²) in [6.07, 6.45) is 0. The fourth-order valence-corrected chi connectivity index (χ4v) is 1.11. The molecule has 0 heterocycles. The van der Waals surface area contributed by atoms with Gasteiger partial charge in [0.2, 0.25) is 0 Å². The molecular formula is C10H6ClF2N. The van der Waals surface area contributed by atoms with E-state index in [2.05, 4.69) is 0 Å². The molecule has 0 radical (unpaired) electrons. The van der Waals surface area contributed by atoms with Gasteiger partial charge in [-0.2, -0.15) is 5.26 Å². The Labute approximate surface area is 85.2 Å². The molecule has 0 aliphatic heterocycles. The van der Waals surface area contributed by atoms with E-state index in [1.54, 1.807) is 6.07 Å². The van der Waals surface area contributed by atoms with Gasteiger partial charge in [0.05, 0.1) is 11.1 Å². The van der Waals surface area contributed by atoms with Crippen LogP contribution in [0.1, 0.15) is 12.5 Å². The smallest absolute Gasteiger partial charge is 0.167 e. The van der Waals surface area contributed by atoms with Crippen LogP contribution in [-0.2, 0) is 0 Å². The normalized spacial score (nSPS) is 11.9. The minimum atomic E-state index is -1.04. The van der Waals surface area contributed by atoms with Gasteiger partial charge < -0.3 is 0 Å². The van der Waals surface area contributed by atoms with Crippen molar-refractivity contribution in [2.24, 2.45) is 0 Å². The molecule has 1 nitrogen and oxygen atoms in total. The zero-order valence-electron chi connectivity index (χ0n) is 7.31. The molecule has 0 spiro atoms. The molecule has 0 atom stereocenters. The summed E-state index contributed by atoms with van der Waals surface area (Å²) in [4.78, 5) is 0. The van der Waals surface area contributed by atoms with Crippen molar-refractivity contribution in [3.05, 3.63) is 41.0 Å². The van der Waals surface area contributed by atoms with E-state index in [0.717, 1.165) is 6.07 Å². The molecule has 1 aromatic rings. The molecular weight excluding hydrogens is 208 g/mol. The van der Waals surface area contributed by atoms with Gasteiger partial charge in [0.25, 0.3) is 0 Å². The monoisotopic (exact) mass is 213 g/mol. The maximum absolute atomic E-state index is 13.1. The Morgan fingerprint density at radius 1 is 1.43 bits per heavy atom. The van der Waals surface area contributed by atoms with Crippen molar-refractivity contribution in [2.45, 2.75) is 6.92 Å². The van der Waals surface area contributed by atoms with E-state index in [0.29, 0.717) is 0 Å². The Balaban J connectivity index is 3.36. The van der Waals surface area contributed by atoms with Crippen LogP contribution in [0.2, 0.25) is 0 Å². The van der Waals surface area contributed by atoms with Crippen LogP contribution in [0.5, 0.6) is 0 Å². The number of rotatable bonds is 1. The van der Waals surface area contributed by atoms with E-state index in [4.69, 9.17) is 16.9 Å². The summed E-state index contributed by atoms with van der Waals surface area (Å²) >= 11 is 5.68. The molecule has 72 valence electrons. The molecule has 0 saturated heterocycles. The lowest BCUT2D eigenvalue weighted by Gasteiger charge is -2.02. The fourth-order valence-electron chi connectivity index (χ4n) is 0.924. The van der Waals surface area contributed by atoms with E-state index in [-0.39, 0.29) is 16.2 Å². The van der Waals surface area contributed by atoms with E-state index < -0.39 is 11.6 Å². The van der Waals surface area contributed by atoms with Crippen LogP contribution in [0.15, 0.2) is 23.8 Å². The Morgan fingerprint density at radius 3 is 2.64 bits per heavy atom. The largest absolute Gasteiger partial charge is 0.204 e. The number of allylic oxidation sites excluding steroid dienone is 1. The van der Waals surface area contributed by atoms with Crippen LogP contribution in [0.4, 0.5) is 8.78 Å². The van der Waals surface area contributed by atoms with Crippen molar-refractivity contribution in [1.29, 1.82) is 5.26 Å². The number of nitrogens with zero attached hydrogens (tertiary/aromatic N) is 1.